The molecule has 0 unspecified atom stereocenters. The fourth-order valence-electron chi connectivity index (χ4n) is 0.984. The first-order chi connectivity index (χ1) is 7.07. The third kappa shape index (κ3) is 8.39. The van der Waals surface area contributed by atoms with E-state index in [0.717, 1.165) is 13.0 Å². The van der Waals surface area contributed by atoms with E-state index >= 15 is 0 Å². The Morgan fingerprint density at radius 2 is 2.07 bits per heavy atom. The third-order valence-corrected chi connectivity index (χ3v) is 2.16. The number of hydrogen-bond acceptors (Lipinski definition) is 3. The Morgan fingerprint density at radius 3 is 2.60 bits per heavy atom. The van der Waals surface area contributed by atoms with Crippen LogP contribution < -0.4 is 11.1 Å². The maximum Gasteiger partial charge on any atom is 0.236 e. The van der Waals surface area contributed by atoms with Crippen LogP contribution in [0.25, 0.3) is 0 Å². The molecule has 0 fully saturated rings. The average molecular weight is 216 g/mol. The highest BCUT2D eigenvalue weighted by Gasteiger charge is 2.08. The topological polar surface area (TPSA) is 64.4 Å². The van der Waals surface area contributed by atoms with Gasteiger partial charge in [-0.2, -0.15) is 0 Å². The zero-order valence-electron chi connectivity index (χ0n) is 10.1. The summed E-state index contributed by atoms with van der Waals surface area (Å²) in [6.45, 7) is 8.08. The zero-order chi connectivity index (χ0) is 11.7. The van der Waals surface area contributed by atoms with Gasteiger partial charge in [-0.3, -0.25) is 4.79 Å². The molecule has 4 heteroatoms. The molecule has 0 rings (SSSR count). The Labute approximate surface area is 92.6 Å². The number of ether oxygens (including phenoxy) is 1. The monoisotopic (exact) mass is 216 g/mol. The van der Waals surface area contributed by atoms with Crippen molar-refractivity contribution < 1.29 is 9.53 Å². The summed E-state index contributed by atoms with van der Waals surface area (Å²) in [5, 5.41) is 2.73. The Bertz CT molecular complexity index is 172. The van der Waals surface area contributed by atoms with Crippen LogP contribution in [-0.2, 0) is 9.53 Å². The number of nitrogens with two attached hydrogens (primary N) is 1. The van der Waals surface area contributed by atoms with Gasteiger partial charge in [0.15, 0.2) is 0 Å². The third-order valence-electron chi connectivity index (χ3n) is 2.16. The van der Waals surface area contributed by atoms with Gasteiger partial charge in [-0.15, -0.1) is 0 Å². The number of rotatable bonds is 8. The average Bonchev–Trinajstić information content (AvgIpc) is 2.21. The van der Waals surface area contributed by atoms with Crippen molar-refractivity contribution in [3.8, 4) is 0 Å². The molecular weight excluding hydrogens is 192 g/mol. The first-order valence-electron chi connectivity index (χ1n) is 5.69. The minimum absolute atomic E-state index is 0.0926. The van der Waals surface area contributed by atoms with Crippen LogP contribution in [-0.4, -0.2) is 31.7 Å². The Balaban J connectivity index is 3.27. The largest absolute Gasteiger partial charge is 0.380 e. The quantitative estimate of drug-likeness (QED) is 0.593. The first kappa shape index (κ1) is 14.4. The second-order valence-corrected chi connectivity index (χ2v) is 4.10. The summed E-state index contributed by atoms with van der Waals surface area (Å²) in [7, 11) is 0. The lowest BCUT2D eigenvalue weighted by molar-refractivity contribution is -0.122. The molecule has 1 atom stereocenters. The first-order valence-corrected chi connectivity index (χ1v) is 5.69. The van der Waals surface area contributed by atoms with E-state index in [2.05, 4.69) is 19.2 Å². The van der Waals surface area contributed by atoms with Crippen LogP contribution in [0.5, 0.6) is 0 Å². The molecule has 0 radical (unpaired) electrons. The van der Waals surface area contributed by atoms with Crippen LogP contribution in [0.2, 0.25) is 0 Å². The van der Waals surface area contributed by atoms with Gasteiger partial charge in [-0.1, -0.05) is 20.8 Å². The van der Waals surface area contributed by atoms with E-state index in [1.165, 1.54) is 0 Å². The molecular formula is C11H24N2O2. The SMILES string of the molecule is CC[C@H](N)C(=O)NCCOCCC(C)C. The van der Waals surface area contributed by atoms with Crippen LogP contribution in [0.1, 0.15) is 33.6 Å². The molecule has 0 aliphatic heterocycles. The molecule has 0 aliphatic carbocycles. The van der Waals surface area contributed by atoms with Crippen LogP contribution in [0.3, 0.4) is 0 Å². The van der Waals surface area contributed by atoms with Crippen LogP contribution in [0, 0.1) is 5.92 Å². The summed E-state index contributed by atoms with van der Waals surface area (Å²) in [6.07, 6.45) is 1.72. The molecule has 0 aromatic heterocycles. The van der Waals surface area contributed by atoms with E-state index in [1.807, 2.05) is 6.92 Å². The summed E-state index contributed by atoms with van der Waals surface area (Å²) in [5.74, 6) is 0.568. The van der Waals surface area contributed by atoms with Crippen molar-refractivity contribution in [2.75, 3.05) is 19.8 Å². The van der Waals surface area contributed by atoms with Crippen molar-refractivity contribution in [2.24, 2.45) is 11.7 Å². The maximum atomic E-state index is 11.2. The molecule has 0 aromatic carbocycles. The summed E-state index contributed by atoms with van der Waals surface area (Å²) in [6, 6.07) is -0.388. The predicted octanol–water partition coefficient (Wildman–Crippen LogP) is 0.903. The molecule has 0 bridgehead atoms. The molecule has 0 heterocycles. The summed E-state index contributed by atoms with van der Waals surface area (Å²) < 4.78 is 5.35. The van der Waals surface area contributed by atoms with Gasteiger partial charge in [0, 0.05) is 13.2 Å². The van der Waals surface area contributed by atoms with Gasteiger partial charge in [0.05, 0.1) is 12.6 Å². The molecule has 0 saturated carbocycles. The minimum Gasteiger partial charge on any atom is -0.380 e. The van der Waals surface area contributed by atoms with Gasteiger partial charge in [-0.25, -0.2) is 0 Å². The van der Waals surface area contributed by atoms with Crippen molar-refractivity contribution in [1.82, 2.24) is 5.32 Å². The highest BCUT2D eigenvalue weighted by atomic mass is 16.5. The summed E-state index contributed by atoms with van der Waals surface area (Å²) in [4.78, 5) is 11.2. The maximum absolute atomic E-state index is 11.2. The normalized spacial score (nSPS) is 12.9. The fourth-order valence-corrected chi connectivity index (χ4v) is 0.984. The number of carbonyl (C=O) groups is 1. The lowest BCUT2D eigenvalue weighted by atomic mass is 10.1. The second kappa shape index (κ2) is 8.68. The van der Waals surface area contributed by atoms with Gasteiger partial charge >= 0.3 is 0 Å². The van der Waals surface area contributed by atoms with Crippen LogP contribution in [0.15, 0.2) is 0 Å². The number of amides is 1. The van der Waals surface area contributed by atoms with Gasteiger partial charge in [0.2, 0.25) is 5.91 Å². The van der Waals surface area contributed by atoms with Crippen molar-refractivity contribution in [1.29, 1.82) is 0 Å². The van der Waals surface area contributed by atoms with Gasteiger partial charge in [-0.05, 0) is 18.8 Å². The highest BCUT2D eigenvalue weighted by molar-refractivity contribution is 5.81. The van der Waals surface area contributed by atoms with Crippen molar-refractivity contribution >= 4 is 5.91 Å². The van der Waals surface area contributed by atoms with Gasteiger partial charge in [0.1, 0.15) is 0 Å². The minimum atomic E-state index is -0.388. The van der Waals surface area contributed by atoms with E-state index in [9.17, 15) is 4.79 Å². The summed E-state index contributed by atoms with van der Waals surface area (Å²) in [5.41, 5.74) is 5.54. The number of hydrogen-bond donors (Lipinski definition) is 2. The van der Waals surface area contributed by atoms with E-state index in [0.29, 0.717) is 25.5 Å². The van der Waals surface area contributed by atoms with Crippen molar-refractivity contribution in [3.63, 3.8) is 0 Å². The molecule has 90 valence electrons. The standard InChI is InChI=1S/C11H24N2O2/c1-4-10(12)11(14)13-6-8-15-7-5-9(2)3/h9-10H,4-8,12H2,1-3H3,(H,13,14)/t10-/m0/s1. The summed E-state index contributed by atoms with van der Waals surface area (Å²) >= 11 is 0. The van der Waals surface area contributed by atoms with E-state index in [4.69, 9.17) is 10.5 Å². The van der Waals surface area contributed by atoms with Gasteiger partial charge in [0.25, 0.3) is 0 Å². The van der Waals surface area contributed by atoms with Crippen molar-refractivity contribution in [3.05, 3.63) is 0 Å². The number of nitrogens with one attached hydrogen (secondary N) is 1. The lowest BCUT2D eigenvalue weighted by Gasteiger charge is -2.10. The highest BCUT2D eigenvalue weighted by Crippen LogP contribution is 1.98. The smallest absolute Gasteiger partial charge is 0.236 e. The van der Waals surface area contributed by atoms with Crippen LogP contribution >= 0.6 is 0 Å². The Kier molecular flexibility index (Phi) is 8.33. The molecule has 3 N–H and O–H groups in total. The lowest BCUT2D eigenvalue weighted by Crippen LogP contribution is -2.41. The van der Waals surface area contributed by atoms with E-state index in [1.54, 1.807) is 0 Å². The molecule has 0 spiro atoms. The van der Waals surface area contributed by atoms with E-state index < -0.39 is 0 Å². The molecule has 0 saturated heterocycles. The Hall–Kier alpha value is -0.610. The van der Waals surface area contributed by atoms with Crippen molar-refractivity contribution in [2.45, 2.75) is 39.7 Å². The van der Waals surface area contributed by atoms with Crippen LogP contribution in [0.4, 0.5) is 0 Å². The molecule has 1 amide bonds. The molecule has 15 heavy (non-hydrogen) atoms. The zero-order valence-corrected chi connectivity index (χ0v) is 10.1. The predicted molar refractivity (Wildman–Crippen MR) is 61.6 cm³/mol. The molecule has 0 aromatic rings. The fraction of sp³-hybridized carbons (Fsp3) is 0.909. The Morgan fingerprint density at radius 1 is 1.40 bits per heavy atom. The van der Waals surface area contributed by atoms with Gasteiger partial charge < -0.3 is 15.8 Å². The molecule has 0 aliphatic rings. The van der Waals surface area contributed by atoms with E-state index in [-0.39, 0.29) is 11.9 Å². The molecule has 4 nitrogen and oxygen atoms in total. The second-order valence-electron chi connectivity index (χ2n) is 4.10. The number of carbonyl (C=O) groups excluding carboxylic acids is 1.